The van der Waals surface area contributed by atoms with Gasteiger partial charge in [0, 0.05) is 31.9 Å². The molecule has 3 rings (SSSR count). The number of benzene rings is 1. The van der Waals surface area contributed by atoms with Crippen LogP contribution in [0.2, 0.25) is 0 Å². The van der Waals surface area contributed by atoms with Crippen molar-refractivity contribution < 1.29 is 4.79 Å². The van der Waals surface area contributed by atoms with E-state index in [1.165, 1.54) is 11.3 Å². The Hall–Kier alpha value is -1.63. The standard InChI is InChI=1S/C17H22N4OS.ClH/c1-12-9-20(2)14-5-3-4-6-15(14)21(10-12)17(22)13-11-23-16(19-13)7-8-18;/h3-6,11-12H,7-10,18H2,1-2H3;1H. The van der Waals surface area contributed by atoms with Gasteiger partial charge in [0.1, 0.15) is 5.69 Å². The Morgan fingerprint density at radius 1 is 1.33 bits per heavy atom. The molecule has 0 bridgehead atoms. The van der Waals surface area contributed by atoms with E-state index in [1.54, 1.807) is 0 Å². The van der Waals surface area contributed by atoms with Crippen LogP contribution in [0.3, 0.4) is 0 Å². The fraction of sp³-hybridized carbons (Fsp3) is 0.412. The summed E-state index contributed by atoms with van der Waals surface area (Å²) in [6, 6.07) is 8.06. The topological polar surface area (TPSA) is 62.5 Å². The summed E-state index contributed by atoms with van der Waals surface area (Å²) in [7, 11) is 2.07. The van der Waals surface area contributed by atoms with Crippen LogP contribution in [0, 0.1) is 5.92 Å². The van der Waals surface area contributed by atoms with Crippen LogP contribution in [-0.4, -0.2) is 37.6 Å². The first-order valence-electron chi connectivity index (χ1n) is 7.86. The van der Waals surface area contributed by atoms with Crippen molar-refractivity contribution in [2.45, 2.75) is 13.3 Å². The number of hydrogen-bond acceptors (Lipinski definition) is 5. The van der Waals surface area contributed by atoms with Crippen LogP contribution in [0.25, 0.3) is 0 Å². The van der Waals surface area contributed by atoms with Crippen molar-refractivity contribution in [3.8, 4) is 0 Å². The van der Waals surface area contributed by atoms with Gasteiger partial charge in [-0.25, -0.2) is 4.98 Å². The molecule has 0 saturated carbocycles. The second-order valence-corrected chi connectivity index (χ2v) is 7.00. The van der Waals surface area contributed by atoms with Gasteiger partial charge in [0.2, 0.25) is 0 Å². The van der Waals surface area contributed by atoms with Gasteiger partial charge in [-0.05, 0) is 24.6 Å². The number of halogens is 1. The van der Waals surface area contributed by atoms with E-state index in [1.807, 2.05) is 28.5 Å². The molecule has 7 heteroatoms. The minimum Gasteiger partial charge on any atom is -0.373 e. The second kappa shape index (κ2) is 7.96. The lowest BCUT2D eigenvalue weighted by molar-refractivity contribution is 0.0980. The average Bonchev–Trinajstić information content (AvgIpc) is 2.96. The molecule has 0 aliphatic carbocycles. The molecule has 1 aromatic heterocycles. The molecule has 0 fully saturated rings. The Balaban J connectivity index is 0.00000208. The SMILES string of the molecule is CC1CN(C)c2ccccc2N(C(=O)c2csc(CCN)n2)C1.Cl. The van der Waals surface area contributed by atoms with E-state index in [0.717, 1.165) is 22.9 Å². The molecule has 2 N–H and O–H groups in total. The summed E-state index contributed by atoms with van der Waals surface area (Å²) in [6.07, 6.45) is 0.716. The number of nitrogens with zero attached hydrogens (tertiary/aromatic N) is 3. The molecule has 1 aromatic carbocycles. The van der Waals surface area contributed by atoms with Gasteiger partial charge >= 0.3 is 0 Å². The number of rotatable bonds is 3. The summed E-state index contributed by atoms with van der Waals surface area (Å²) >= 11 is 1.51. The number of carbonyl (C=O) groups is 1. The third-order valence-corrected chi connectivity index (χ3v) is 4.95. The number of thiazole rings is 1. The Kier molecular flexibility index (Phi) is 6.21. The number of fused-ring (bicyclic) bond motifs is 1. The number of nitrogens with two attached hydrogens (primary N) is 1. The first-order chi connectivity index (χ1) is 11.1. The Morgan fingerprint density at radius 2 is 2.04 bits per heavy atom. The van der Waals surface area contributed by atoms with Crippen LogP contribution >= 0.6 is 23.7 Å². The highest BCUT2D eigenvalue weighted by Gasteiger charge is 2.28. The molecule has 1 unspecified atom stereocenters. The van der Waals surface area contributed by atoms with Crippen molar-refractivity contribution in [1.29, 1.82) is 0 Å². The smallest absolute Gasteiger partial charge is 0.277 e. The fourth-order valence-corrected chi connectivity index (χ4v) is 3.81. The first-order valence-corrected chi connectivity index (χ1v) is 8.74. The quantitative estimate of drug-likeness (QED) is 0.907. The summed E-state index contributed by atoms with van der Waals surface area (Å²) in [4.78, 5) is 21.5. The Morgan fingerprint density at radius 3 is 2.75 bits per heavy atom. The predicted octanol–water partition coefficient (Wildman–Crippen LogP) is 2.80. The summed E-state index contributed by atoms with van der Waals surface area (Å²) < 4.78 is 0. The molecule has 2 heterocycles. The van der Waals surface area contributed by atoms with Gasteiger partial charge in [-0.3, -0.25) is 4.79 Å². The fourth-order valence-electron chi connectivity index (χ4n) is 3.03. The van der Waals surface area contributed by atoms with Crippen LogP contribution in [-0.2, 0) is 6.42 Å². The zero-order valence-corrected chi connectivity index (χ0v) is 15.6. The van der Waals surface area contributed by atoms with E-state index in [2.05, 4.69) is 29.9 Å². The Labute approximate surface area is 152 Å². The maximum absolute atomic E-state index is 13.0. The summed E-state index contributed by atoms with van der Waals surface area (Å²) in [5.41, 5.74) is 8.13. The Bertz CT molecular complexity index is 705. The molecular weight excluding hydrogens is 344 g/mol. The highest BCUT2D eigenvalue weighted by atomic mass is 35.5. The predicted molar refractivity (Wildman–Crippen MR) is 103 cm³/mol. The van der Waals surface area contributed by atoms with Crippen LogP contribution in [0.5, 0.6) is 0 Å². The van der Waals surface area contributed by atoms with Crippen LogP contribution < -0.4 is 15.5 Å². The lowest BCUT2D eigenvalue weighted by atomic mass is 10.1. The van der Waals surface area contributed by atoms with Crippen molar-refractivity contribution in [2.75, 3.05) is 36.5 Å². The number of hydrogen-bond donors (Lipinski definition) is 1. The molecule has 130 valence electrons. The van der Waals surface area contributed by atoms with Crippen molar-refractivity contribution in [1.82, 2.24) is 4.98 Å². The van der Waals surface area contributed by atoms with Crippen molar-refractivity contribution in [3.63, 3.8) is 0 Å². The lowest BCUT2D eigenvalue weighted by Gasteiger charge is -2.23. The van der Waals surface area contributed by atoms with E-state index >= 15 is 0 Å². The zero-order valence-electron chi connectivity index (χ0n) is 13.9. The van der Waals surface area contributed by atoms with Gasteiger partial charge in [-0.1, -0.05) is 19.1 Å². The van der Waals surface area contributed by atoms with Gasteiger partial charge in [0.15, 0.2) is 0 Å². The number of carbonyl (C=O) groups excluding carboxylic acids is 1. The van der Waals surface area contributed by atoms with Gasteiger partial charge in [0.05, 0.1) is 16.4 Å². The number of aromatic nitrogens is 1. The molecule has 1 amide bonds. The molecule has 24 heavy (non-hydrogen) atoms. The highest BCUT2D eigenvalue weighted by Crippen LogP contribution is 2.33. The number of anilines is 2. The summed E-state index contributed by atoms with van der Waals surface area (Å²) in [6.45, 7) is 4.35. The zero-order chi connectivity index (χ0) is 16.4. The van der Waals surface area contributed by atoms with Crippen LogP contribution in [0.15, 0.2) is 29.6 Å². The van der Waals surface area contributed by atoms with E-state index in [9.17, 15) is 4.79 Å². The van der Waals surface area contributed by atoms with Gasteiger partial charge in [-0.15, -0.1) is 23.7 Å². The highest BCUT2D eigenvalue weighted by molar-refractivity contribution is 7.09. The average molecular weight is 367 g/mol. The maximum Gasteiger partial charge on any atom is 0.277 e. The van der Waals surface area contributed by atoms with Gasteiger partial charge in [0.25, 0.3) is 5.91 Å². The molecule has 1 atom stereocenters. The van der Waals surface area contributed by atoms with Crippen LogP contribution in [0.1, 0.15) is 22.4 Å². The first kappa shape index (κ1) is 18.7. The molecule has 5 nitrogen and oxygen atoms in total. The minimum absolute atomic E-state index is 0. The maximum atomic E-state index is 13.0. The molecule has 2 aromatic rings. The molecule has 0 saturated heterocycles. The van der Waals surface area contributed by atoms with E-state index in [0.29, 0.717) is 31.1 Å². The third kappa shape index (κ3) is 3.71. The largest absolute Gasteiger partial charge is 0.373 e. The third-order valence-electron chi connectivity index (χ3n) is 4.04. The molecule has 0 spiro atoms. The molecular formula is C17H23ClN4OS. The number of amides is 1. The molecule has 1 aliphatic rings. The van der Waals surface area contributed by atoms with E-state index < -0.39 is 0 Å². The van der Waals surface area contributed by atoms with Gasteiger partial charge in [-0.2, -0.15) is 0 Å². The normalized spacial score (nSPS) is 17.0. The molecule has 1 aliphatic heterocycles. The number of para-hydroxylation sites is 2. The second-order valence-electron chi connectivity index (χ2n) is 6.06. The van der Waals surface area contributed by atoms with E-state index in [4.69, 9.17) is 5.73 Å². The minimum atomic E-state index is -0.0286. The van der Waals surface area contributed by atoms with Crippen molar-refractivity contribution in [3.05, 3.63) is 40.3 Å². The van der Waals surface area contributed by atoms with Crippen LogP contribution in [0.4, 0.5) is 11.4 Å². The monoisotopic (exact) mass is 366 g/mol. The lowest BCUT2D eigenvalue weighted by Crippen LogP contribution is -2.35. The van der Waals surface area contributed by atoms with Gasteiger partial charge < -0.3 is 15.5 Å². The van der Waals surface area contributed by atoms with Crippen molar-refractivity contribution in [2.24, 2.45) is 11.7 Å². The molecule has 0 radical (unpaired) electrons. The van der Waals surface area contributed by atoms with E-state index in [-0.39, 0.29) is 18.3 Å². The van der Waals surface area contributed by atoms with Crippen molar-refractivity contribution >= 4 is 41.0 Å². The summed E-state index contributed by atoms with van der Waals surface area (Å²) in [5, 5.41) is 2.76. The summed E-state index contributed by atoms with van der Waals surface area (Å²) in [5.74, 6) is 0.359.